The van der Waals surface area contributed by atoms with E-state index in [1.165, 1.54) is 33.4 Å². The predicted octanol–water partition coefficient (Wildman–Crippen LogP) is 9.44. The van der Waals surface area contributed by atoms with Crippen LogP contribution in [0.1, 0.15) is 54.8 Å². The molecular weight excluding hydrogens is 484 g/mol. The van der Waals surface area contributed by atoms with Gasteiger partial charge in [0.05, 0.1) is 11.4 Å². The van der Waals surface area contributed by atoms with Gasteiger partial charge in [0.2, 0.25) is 0 Å². The van der Waals surface area contributed by atoms with Crippen LogP contribution < -0.4 is 0 Å². The van der Waals surface area contributed by atoms with Gasteiger partial charge in [-0.3, -0.25) is 0 Å². The first-order valence-electron chi connectivity index (χ1n) is 14.2. The SMILES string of the molecule is CC1(C)c2ccccc2Cc2ccc(-c3cccc(-c4cc(-c5ccccc5)nc(C5=CCCC=C5)n4)c3)cc21. The number of aromatic nitrogens is 2. The van der Waals surface area contributed by atoms with Gasteiger partial charge in [-0.2, -0.15) is 0 Å². The minimum atomic E-state index is -0.0365. The number of rotatable bonds is 4. The van der Waals surface area contributed by atoms with Gasteiger partial charge in [0.25, 0.3) is 0 Å². The second kappa shape index (κ2) is 9.88. The van der Waals surface area contributed by atoms with Crippen molar-refractivity contribution in [3.05, 3.63) is 149 Å². The van der Waals surface area contributed by atoms with Gasteiger partial charge in [-0.1, -0.05) is 117 Å². The standard InChI is InChI=1S/C38H32N2/c1-38(2)33-19-10-9-16-30(33)23-31-21-20-29(24-34(31)38)28-17-11-18-32(22-28)36-25-35(26-12-5-3-6-13-26)39-37(40-36)27-14-7-4-8-15-27/h3,5-7,9-22,24-25H,4,8,23H2,1-2H3. The van der Waals surface area contributed by atoms with Crippen LogP contribution in [-0.4, -0.2) is 9.97 Å². The minimum Gasteiger partial charge on any atom is -0.228 e. The van der Waals surface area contributed by atoms with E-state index in [9.17, 15) is 0 Å². The van der Waals surface area contributed by atoms with Crippen molar-refractivity contribution in [2.75, 3.05) is 0 Å². The summed E-state index contributed by atoms with van der Waals surface area (Å²) in [7, 11) is 0. The molecule has 1 heterocycles. The molecule has 2 heteroatoms. The molecule has 0 radical (unpaired) electrons. The Bertz CT molecular complexity index is 1790. The van der Waals surface area contributed by atoms with Crippen molar-refractivity contribution in [3.63, 3.8) is 0 Å². The molecule has 0 unspecified atom stereocenters. The van der Waals surface area contributed by atoms with E-state index in [0.29, 0.717) is 0 Å². The molecule has 0 spiro atoms. The van der Waals surface area contributed by atoms with E-state index < -0.39 is 0 Å². The number of allylic oxidation sites excluding steroid dienone is 4. The van der Waals surface area contributed by atoms with Crippen molar-refractivity contribution >= 4 is 5.57 Å². The van der Waals surface area contributed by atoms with Gasteiger partial charge in [0.1, 0.15) is 0 Å². The van der Waals surface area contributed by atoms with Crippen LogP contribution in [0.2, 0.25) is 0 Å². The number of hydrogen-bond acceptors (Lipinski definition) is 2. The Morgan fingerprint density at radius 1 is 0.575 bits per heavy atom. The molecule has 40 heavy (non-hydrogen) atoms. The molecule has 1 aromatic heterocycles. The van der Waals surface area contributed by atoms with Crippen LogP contribution in [-0.2, 0) is 11.8 Å². The second-order valence-corrected chi connectivity index (χ2v) is 11.4. The summed E-state index contributed by atoms with van der Waals surface area (Å²) in [5.74, 6) is 0.784. The molecule has 0 fully saturated rings. The van der Waals surface area contributed by atoms with Crippen molar-refractivity contribution in [1.29, 1.82) is 0 Å². The normalized spacial score (nSPS) is 15.2. The molecule has 0 saturated carbocycles. The number of benzene rings is 4. The van der Waals surface area contributed by atoms with Gasteiger partial charge in [-0.05, 0) is 70.8 Å². The quantitative estimate of drug-likeness (QED) is 0.238. The van der Waals surface area contributed by atoms with Crippen LogP contribution in [0.4, 0.5) is 0 Å². The lowest BCUT2D eigenvalue weighted by Crippen LogP contribution is -2.27. The van der Waals surface area contributed by atoms with E-state index in [0.717, 1.165) is 53.2 Å². The summed E-state index contributed by atoms with van der Waals surface area (Å²) in [6, 6.07) is 37.2. The molecule has 0 amide bonds. The van der Waals surface area contributed by atoms with Crippen LogP contribution in [0.3, 0.4) is 0 Å². The first kappa shape index (κ1) is 24.5. The van der Waals surface area contributed by atoms with E-state index in [-0.39, 0.29) is 5.41 Å². The zero-order chi connectivity index (χ0) is 27.1. The maximum absolute atomic E-state index is 5.08. The van der Waals surface area contributed by atoms with E-state index >= 15 is 0 Å². The average Bonchev–Trinajstić information content (AvgIpc) is 3.02. The Morgan fingerprint density at radius 2 is 1.27 bits per heavy atom. The summed E-state index contributed by atoms with van der Waals surface area (Å²) in [6.45, 7) is 4.71. The summed E-state index contributed by atoms with van der Waals surface area (Å²) in [5, 5.41) is 0. The third-order valence-electron chi connectivity index (χ3n) is 8.40. The number of fused-ring (bicyclic) bond motifs is 2. The average molecular weight is 517 g/mol. The molecule has 0 saturated heterocycles. The van der Waals surface area contributed by atoms with Gasteiger partial charge >= 0.3 is 0 Å². The van der Waals surface area contributed by atoms with Crippen LogP contribution in [0, 0.1) is 0 Å². The molecule has 0 atom stereocenters. The van der Waals surface area contributed by atoms with E-state index in [4.69, 9.17) is 9.97 Å². The molecule has 0 aliphatic heterocycles. The van der Waals surface area contributed by atoms with Crippen molar-refractivity contribution in [2.45, 2.75) is 38.5 Å². The van der Waals surface area contributed by atoms with E-state index in [2.05, 4.69) is 129 Å². The van der Waals surface area contributed by atoms with Crippen LogP contribution >= 0.6 is 0 Å². The molecule has 194 valence electrons. The fourth-order valence-electron chi connectivity index (χ4n) is 6.24. The summed E-state index contributed by atoms with van der Waals surface area (Å²) in [6.07, 6.45) is 9.70. The summed E-state index contributed by atoms with van der Waals surface area (Å²) in [4.78, 5) is 10.1. The van der Waals surface area contributed by atoms with Gasteiger partial charge in [-0.25, -0.2) is 9.97 Å². The van der Waals surface area contributed by atoms with Crippen molar-refractivity contribution in [2.24, 2.45) is 0 Å². The monoisotopic (exact) mass is 516 g/mol. The van der Waals surface area contributed by atoms with E-state index in [1.54, 1.807) is 0 Å². The van der Waals surface area contributed by atoms with Crippen molar-refractivity contribution in [1.82, 2.24) is 9.97 Å². The number of hydrogen-bond donors (Lipinski definition) is 0. The fourth-order valence-corrected chi connectivity index (χ4v) is 6.24. The smallest absolute Gasteiger partial charge is 0.160 e. The highest BCUT2D eigenvalue weighted by Gasteiger charge is 2.32. The molecule has 4 aromatic carbocycles. The van der Waals surface area contributed by atoms with Gasteiger partial charge in [-0.15, -0.1) is 0 Å². The molecule has 2 aliphatic rings. The lowest BCUT2D eigenvalue weighted by Gasteiger charge is -2.35. The largest absolute Gasteiger partial charge is 0.228 e. The van der Waals surface area contributed by atoms with Crippen LogP contribution in [0.15, 0.2) is 121 Å². The Hall–Kier alpha value is -4.56. The second-order valence-electron chi connectivity index (χ2n) is 11.4. The number of nitrogens with zero attached hydrogens (tertiary/aromatic N) is 2. The van der Waals surface area contributed by atoms with Crippen LogP contribution in [0.5, 0.6) is 0 Å². The third-order valence-corrected chi connectivity index (χ3v) is 8.40. The molecule has 0 bridgehead atoms. The third kappa shape index (κ3) is 4.40. The fraction of sp³-hybridized carbons (Fsp3) is 0.158. The Kier molecular flexibility index (Phi) is 6.04. The lowest BCUT2D eigenvalue weighted by molar-refractivity contribution is 0.611. The van der Waals surface area contributed by atoms with E-state index in [1.807, 2.05) is 6.07 Å². The Balaban J connectivity index is 1.31. The molecule has 5 aromatic rings. The first-order chi connectivity index (χ1) is 19.6. The van der Waals surface area contributed by atoms with Crippen LogP contribution in [0.25, 0.3) is 39.2 Å². The summed E-state index contributed by atoms with van der Waals surface area (Å²) in [5.41, 5.74) is 13.3. The maximum atomic E-state index is 5.08. The molecule has 2 aliphatic carbocycles. The predicted molar refractivity (Wildman–Crippen MR) is 166 cm³/mol. The lowest BCUT2D eigenvalue weighted by atomic mass is 9.68. The van der Waals surface area contributed by atoms with Gasteiger partial charge < -0.3 is 0 Å². The summed E-state index contributed by atoms with van der Waals surface area (Å²) < 4.78 is 0. The maximum Gasteiger partial charge on any atom is 0.160 e. The molecular formula is C38H32N2. The molecule has 0 N–H and O–H groups in total. The van der Waals surface area contributed by atoms with Crippen molar-refractivity contribution < 1.29 is 0 Å². The highest BCUT2D eigenvalue weighted by Crippen LogP contribution is 2.43. The Labute approximate surface area is 236 Å². The summed E-state index contributed by atoms with van der Waals surface area (Å²) >= 11 is 0. The Morgan fingerprint density at radius 3 is 2.10 bits per heavy atom. The zero-order valence-corrected chi connectivity index (χ0v) is 23.1. The molecule has 2 nitrogen and oxygen atoms in total. The zero-order valence-electron chi connectivity index (χ0n) is 23.1. The highest BCUT2D eigenvalue weighted by molar-refractivity contribution is 5.78. The van der Waals surface area contributed by atoms with Crippen molar-refractivity contribution in [3.8, 4) is 33.6 Å². The minimum absolute atomic E-state index is 0.0365. The topological polar surface area (TPSA) is 25.8 Å². The highest BCUT2D eigenvalue weighted by atomic mass is 14.9. The molecule has 7 rings (SSSR count). The van der Waals surface area contributed by atoms with Gasteiger partial charge in [0, 0.05) is 22.1 Å². The first-order valence-corrected chi connectivity index (χ1v) is 14.2. The van der Waals surface area contributed by atoms with Gasteiger partial charge in [0.15, 0.2) is 5.82 Å².